The fourth-order valence-corrected chi connectivity index (χ4v) is 1.95. The number of nitrogens with one attached hydrogen (secondary N) is 1. The number of likely N-dealkylation sites (tertiary alicyclic amines) is 1. The number of carbonyl (C=O) groups excluding carboxylic acids is 1. The molecule has 0 bridgehead atoms. The van der Waals surface area contributed by atoms with E-state index in [4.69, 9.17) is 0 Å². The van der Waals surface area contributed by atoms with Crippen LogP contribution in [0.1, 0.15) is 12.0 Å². The van der Waals surface area contributed by atoms with Crippen LogP contribution in [0.4, 0.5) is 0 Å². The second-order valence-corrected chi connectivity index (χ2v) is 4.17. The fourth-order valence-electron chi connectivity index (χ4n) is 1.95. The van der Waals surface area contributed by atoms with E-state index in [0.717, 1.165) is 25.9 Å². The third-order valence-corrected chi connectivity index (χ3v) is 2.95. The molecule has 0 spiro atoms. The number of rotatable bonds is 4. The van der Waals surface area contributed by atoms with Crippen molar-refractivity contribution in [3.8, 4) is 0 Å². The van der Waals surface area contributed by atoms with Crippen molar-refractivity contribution >= 4 is 5.91 Å². The Balaban J connectivity index is 1.75. The molecule has 0 aliphatic carbocycles. The molecule has 0 radical (unpaired) electrons. The first-order valence-corrected chi connectivity index (χ1v) is 5.64. The Morgan fingerprint density at radius 1 is 1.62 bits per heavy atom. The summed E-state index contributed by atoms with van der Waals surface area (Å²) in [5, 5.41) is 3.29. The first-order valence-electron chi connectivity index (χ1n) is 5.64. The van der Waals surface area contributed by atoms with Crippen LogP contribution in [0.15, 0.2) is 24.5 Å². The molecule has 1 aromatic heterocycles. The topological polar surface area (TPSA) is 45.2 Å². The van der Waals surface area contributed by atoms with E-state index in [1.54, 1.807) is 11.1 Å². The van der Waals surface area contributed by atoms with Gasteiger partial charge in [0, 0.05) is 26.0 Å². The highest BCUT2D eigenvalue weighted by molar-refractivity contribution is 5.83. The first-order chi connectivity index (χ1) is 7.77. The maximum atomic E-state index is 11.6. The van der Waals surface area contributed by atoms with Crippen LogP contribution < -0.4 is 5.32 Å². The highest BCUT2D eigenvalue weighted by Gasteiger charge is 2.27. The molecule has 1 atom stereocenters. The van der Waals surface area contributed by atoms with E-state index < -0.39 is 0 Å². The predicted octanol–water partition coefficient (Wildman–Crippen LogP) is 0.444. The van der Waals surface area contributed by atoms with Gasteiger partial charge in [-0.3, -0.25) is 9.78 Å². The average Bonchev–Trinajstić information content (AvgIpc) is 2.62. The van der Waals surface area contributed by atoms with Crippen molar-refractivity contribution in [3.63, 3.8) is 0 Å². The molecule has 1 unspecified atom stereocenters. The number of likely N-dealkylation sites (N-methyl/N-ethyl adjacent to an activating group) is 1. The third kappa shape index (κ3) is 2.58. The smallest absolute Gasteiger partial charge is 0.239 e. The minimum Gasteiger partial charge on any atom is -0.344 e. The summed E-state index contributed by atoms with van der Waals surface area (Å²) >= 11 is 0. The first kappa shape index (κ1) is 11.1. The minimum atomic E-state index is 0.0154. The number of nitrogens with zero attached hydrogens (tertiary/aromatic N) is 2. The molecule has 2 rings (SSSR count). The van der Waals surface area contributed by atoms with E-state index in [2.05, 4.69) is 16.4 Å². The summed E-state index contributed by atoms with van der Waals surface area (Å²) in [4.78, 5) is 17.4. The zero-order chi connectivity index (χ0) is 11.4. The largest absolute Gasteiger partial charge is 0.344 e. The Hall–Kier alpha value is -1.42. The van der Waals surface area contributed by atoms with Crippen LogP contribution in [0.3, 0.4) is 0 Å². The molecule has 0 saturated carbocycles. The molecule has 1 aliphatic rings. The molecule has 16 heavy (non-hydrogen) atoms. The third-order valence-electron chi connectivity index (χ3n) is 2.95. The van der Waals surface area contributed by atoms with Crippen molar-refractivity contribution in [3.05, 3.63) is 30.1 Å². The summed E-state index contributed by atoms with van der Waals surface area (Å²) in [6.45, 7) is 1.69. The van der Waals surface area contributed by atoms with Crippen LogP contribution in [0, 0.1) is 0 Å². The van der Waals surface area contributed by atoms with E-state index in [0.29, 0.717) is 0 Å². The quantitative estimate of drug-likeness (QED) is 0.799. The van der Waals surface area contributed by atoms with Crippen molar-refractivity contribution in [2.75, 3.05) is 20.1 Å². The summed E-state index contributed by atoms with van der Waals surface area (Å²) in [7, 11) is 1.85. The predicted molar refractivity (Wildman–Crippen MR) is 62.0 cm³/mol. The van der Waals surface area contributed by atoms with E-state index >= 15 is 0 Å². The van der Waals surface area contributed by atoms with Gasteiger partial charge in [-0.1, -0.05) is 6.07 Å². The Labute approximate surface area is 95.7 Å². The van der Waals surface area contributed by atoms with Gasteiger partial charge in [0.2, 0.25) is 5.91 Å². The molecule has 1 saturated heterocycles. The van der Waals surface area contributed by atoms with Crippen molar-refractivity contribution in [1.29, 1.82) is 0 Å². The summed E-state index contributed by atoms with van der Waals surface area (Å²) in [5.74, 6) is 0.214. The molecule has 0 aromatic carbocycles. The SMILES string of the molecule is CN1CCC(NCCc2cccnc2)C1=O. The standard InChI is InChI=1S/C12H17N3O/c1-15-8-5-11(12(15)16)14-7-4-10-3-2-6-13-9-10/h2-3,6,9,11,14H,4-5,7-8H2,1H3. The Kier molecular flexibility index (Phi) is 3.51. The Bertz CT molecular complexity index is 353. The van der Waals surface area contributed by atoms with Crippen LogP contribution in [0.2, 0.25) is 0 Å². The van der Waals surface area contributed by atoms with Crippen molar-refractivity contribution in [1.82, 2.24) is 15.2 Å². The van der Waals surface area contributed by atoms with Gasteiger partial charge < -0.3 is 10.2 Å². The zero-order valence-electron chi connectivity index (χ0n) is 9.52. The van der Waals surface area contributed by atoms with E-state index in [9.17, 15) is 4.79 Å². The van der Waals surface area contributed by atoms with Crippen LogP contribution >= 0.6 is 0 Å². The molecule has 4 heteroatoms. The van der Waals surface area contributed by atoms with Gasteiger partial charge in [0.1, 0.15) is 0 Å². The van der Waals surface area contributed by atoms with Gasteiger partial charge in [-0.2, -0.15) is 0 Å². The maximum absolute atomic E-state index is 11.6. The molecular weight excluding hydrogens is 202 g/mol. The van der Waals surface area contributed by atoms with E-state index in [-0.39, 0.29) is 11.9 Å². The Morgan fingerprint density at radius 3 is 3.12 bits per heavy atom. The molecule has 4 nitrogen and oxygen atoms in total. The number of amides is 1. The number of hydrogen-bond acceptors (Lipinski definition) is 3. The highest BCUT2D eigenvalue weighted by Crippen LogP contribution is 2.08. The lowest BCUT2D eigenvalue weighted by atomic mass is 10.2. The summed E-state index contributed by atoms with van der Waals surface area (Å²) in [6.07, 6.45) is 5.47. The zero-order valence-corrected chi connectivity index (χ0v) is 9.52. The normalized spacial score (nSPS) is 20.4. The lowest BCUT2D eigenvalue weighted by Gasteiger charge is -2.11. The van der Waals surface area contributed by atoms with Gasteiger partial charge in [0.05, 0.1) is 6.04 Å². The minimum absolute atomic E-state index is 0.0154. The lowest BCUT2D eigenvalue weighted by Crippen LogP contribution is -2.37. The second-order valence-electron chi connectivity index (χ2n) is 4.17. The molecule has 1 fully saturated rings. The van der Waals surface area contributed by atoms with Crippen LogP contribution in [-0.2, 0) is 11.2 Å². The summed E-state index contributed by atoms with van der Waals surface area (Å²) in [5.41, 5.74) is 1.20. The molecule has 1 amide bonds. The molecular formula is C12H17N3O. The molecule has 1 aliphatic heterocycles. The average molecular weight is 219 g/mol. The number of aromatic nitrogens is 1. The number of pyridine rings is 1. The van der Waals surface area contributed by atoms with Gasteiger partial charge in [-0.15, -0.1) is 0 Å². The monoisotopic (exact) mass is 219 g/mol. The van der Waals surface area contributed by atoms with Crippen molar-refractivity contribution < 1.29 is 4.79 Å². The molecule has 1 N–H and O–H groups in total. The van der Waals surface area contributed by atoms with Gasteiger partial charge in [0.25, 0.3) is 0 Å². The van der Waals surface area contributed by atoms with Gasteiger partial charge >= 0.3 is 0 Å². The van der Waals surface area contributed by atoms with Crippen LogP contribution in [0.5, 0.6) is 0 Å². The Morgan fingerprint density at radius 2 is 2.50 bits per heavy atom. The molecule has 2 heterocycles. The van der Waals surface area contributed by atoms with E-state index in [1.807, 2.05) is 19.3 Å². The lowest BCUT2D eigenvalue weighted by molar-refractivity contribution is -0.128. The molecule has 1 aromatic rings. The second kappa shape index (κ2) is 5.07. The van der Waals surface area contributed by atoms with Crippen molar-refractivity contribution in [2.24, 2.45) is 0 Å². The summed E-state index contributed by atoms with van der Waals surface area (Å²) in [6, 6.07) is 4.00. The van der Waals surface area contributed by atoms with Crippen LogP contribution in [-0.4, -0.2) is 42.0 Å². The number of carbonyl (C=O) groups is 1. The van der Waals surface area contributed by atoms with Gasteiger partial charge in [0.15, 0.2) is 0 Å². The van der Waals surface area contributed by atoms with Gasteiger partial charge in [-0.05, 0) is 31.0 Å². The summed E-state index contributed by atoms with van der Waals surface area (Å²) < 4.78 is 0. The van der Waals surface area contributed by atoms with Crippen molar-refractivity contribution in [2.45, 2.75) is 18.9 Å². The molecule has 86 valence electrons. The number of hydrogen-bond donors (Lipinski definition) is 1. The fraction of sp³-hybridized carbons (Fsp3) is 0.500. The van der Waals surface area contributed by atoms with Gasteiger partial charge in [-0.25, -0.2) is 0 Å². The highest BCUT2D eigenvalue weighted by atomic mass is 16.2. The van der Waals surface area contributed by atoms with Crippen LogP contribution in [0.25, 0.3) is 0 Å². The maximum Gasteiger partial charge on any atom is 0.239 e. The van der Waals surface area contributed by atoms with E-state index in [1.165, 1.54) is 5.56 Å².